The second-order valence-electron chi connectivity index (χ2n) is 11.4. The van der Waals surface area contributed by atoms with Crippen LogP contribution >= 0.6 is 0 Å². The zero-order chi connectivity index (χ0) is 27.7. The Balaban J connectivity index is 1.49. The van der Waals surface area contributed by atoms with Crippen LogP contribution in [0.5, 0.6) is 0 Å². The maximum absolute atomic E-state index is 13.3. The zero-order valence-electron chi connectivity index (χ0n) is 23.2. The number of anilines is 2. The Hall–Kier alpha value is -4.07. The average molecular weight is 529 g/mol. The minimum Gasteiger partial charge on any atom is -0.456 e. The highest BCUT2D eigenvalue weighted by Crippen LogP contribution is 2.34. The summed E-state index contributed by atoms with van der Waals surface area (Å²) in [4.78, 5) is 28.4. The molecule has 0 bridgehead atoms. The fraction of sp³-hybridized carbons (Fsp3) is 0.387. The number of rotatable bonds is 6. The van der Waals surface area contributed by atoms with Gasteiger partial charge in [-0.05, 0) is 76.8 Å². The van der Waals surface area contributed by atoms with E-state index in [1.807, 2.05) is 77.3 Å². The summed E-state index contributed by atoms with van der Waals surface area (Å²) in [7, 11) is 0. The number of esters is 1. The Kier molecular flexibility index (Phi) is 7.21. The molecule has 0 radical (unpaired) electrons. The molecule has 2 N–H and O–H groups in total. The number of aromatic nitrogens is 2. The van der Waals surface area contributed by atoms with Gasteiger partial charge >= 0.3 is 5.97 Å². The van der Waals surface area contributed by atoms with Crippen molar-refractivity contribution in [3.8, 4) is 0 Å². The van der Waals surface area contributed by atoms with E-state index in [2.05, 4.69) is 20.4 Å². The quantitative estimate of drug-likeness (QED) is 0.282. The van der Waals surface area contributed by atoms with Crippen LogP contribution in [0.1, 0.15) is 79.5 Å². The number of nitrogens with one attached hydrogen (secondary N) is 2. The predicted octanol–water partition coefficient (Wildman–Crippen LogP) is 6.34. The molecule has 5 rings (SSSR count). The summed E-state index contributed by atoms with van der Waals surface area (Å²) in [6, 6.07) is 12.6. The lowest BCUT2D eigenvalue weighted by Crippen LogP contribution is -2.34. The van der Waals surface area contributed by atoms with Gasteiger partial charge < -0.3 is 19.4 Å². The van der Waals surface area contributed by atoms with Crippen molar-refractivity contribution in [3.05, 3.63) is 87.3 Å². The highest BCUT2D eigenvalue weighted by molar-refractivity contribution is 5.96. The maximum atomic E-state index is 13.3. The molecule has 0 spiro atoms. The minimum absolute atomic E-state index is 0.0667. The molecule has 4 aromatic rings. The third-order valence-electron chi connectivity index (χ3n) is 7.10. The van der Waals surface area contributed by atoms with Crippen LogP contribution in [0.15, 0.2) is 64.1 Å². The molecule has 0 amide bonds. The number of carbonyl (C=O) groups is 1. The second-order valence-corrected chi connectivity index (χ2v) is 11.4. The number of ether oxygens (including phenoxy) is 1. The molecular weight excluding hydrogens is 492 g/mol. The Bertz CT molecular complexity index is 1530. The van der Waals surface area contributed by atoms with Gasteiger partial charge in [-0.2, -0.15) is 5.10 Å². The molecular formula is C31H36N4O4. The smallest absolute Gasteiger partial charge is 0.340 e. The summed E-state index contributed by atoms with van der Waals surface area (Å²) in [6.45, 7) is 11.1. The monoisotopic (exact) mass is 528 g/mol. The van der Waals surface area contributed by atoms with Crippen LogP contribution in [0.2, 0.25) is 0 Å². The summed E-state index contributed by atoms with van der Waals surface area (Å²) in [5.41, 5.74) is 3.99. The van der Waals surface area contributed by atoms with Crippen LogP contribution in [0.3, 0.4) is 0 Å². The van der Waals surface area contributed by atoms with Gasteiger partial charge in [0.2, 0.25) is 0 Å². The number of aryl methyl sites for hydroxylation is 1. The molecule has 39 heavy (non-hydrogen) atoms. The average Bonchev–Trinajstić information content (AvgIpc) is 3.43. The number of hydrogen-bond donors (Lipinski definition) is 2. The summed E-state index contributed by atoms with van der Waals surface area (Å²) in [5.74, 6) is 0.506. The molecule has 2 aromatic heterocycles. The van der Waals surface area contributed by atoms with Crippen LogP contribution in [0, 0.1) is 6.92 Å². The molecule has 1 aliphatic rings. The fourth-order valence-electron chi connectivity index (χ4n) is 5.26. The standard InChI is InChI=1S/C31H36N4O4/c1-19-13-24(20(2)34-26-11-7-6-10-23(26)30(37)39-31(3,4)5)29-25(14-19)27(36)15-28(38-29)35-12-8-9-21(18-35)22-16-32-33-17-22/h6-7,10-11,13-17,20-21,34H,8-9,12,18H2,1-5H3,(H,32,33). The molecule has 204 valence electrons. The van der Waals surface area contributed by atoms with Crippen LogP contribution in [-0.2, 0) is 4.74 Å². The van der Waals surface area contributed by atoms with E-state index in [1.165, 1.54) is 5.56 Å². The van der Waals surface area contributed by atoms with E-state index in [0.29, 0.717) is 34.0 Å². The van der Waals surface area contributed by atoms with Gasteiger partial charge in [0, 0.05) is 42.5 Å². The van der Waals surface area contributed by atoms with Crippen LogP contribution in [-0.4, -0.2) is 34.9 Å². The predicted molar refractivity (Wildman–Crippen MR) is 154 cm³/mol. The lowest BCUT2D eigenvalue weighted by molar-refractivity contribution is 0.00706. The van der Waals surface area contributed by atoms with Crippen LogP contribution < -0.4 is 15.6 Å². The first-order valence-electron chi connectivity index (χ1n) is 13.5. The second kappa shape index (κ2) is 10.6. The van der Waals surface area contributed by atoms with Gasteiger partial charge in [0.05, 0.1) is 23.2 Å². The molecule has 1 aliphatic heterocycles. The lowest BCUT2D eigenvalue weighted by Gasteiger charge is -2.33. The largest absolute Gasteiger partial charge is 0.456 e. The molecule has 8 heteroatoms. The van der Waals surface area contributed by atoms with Gasteiger partial charge in [0.1, 0.15) is 11.2 Å². The molecule has 2 unspecified atom stereocenters. The van der Waals surface area contributed by atoms with Crippen molar-refractivity contribution < 1.29 is 13.9 Å². The molecule has 0 saturated carbocycles. The van der Waals surface area contributed by atoms with Crippen molar-refractivity contribution in [3.63, 3.8) is 0 Å². The first-order valence-corrected chi connectivity index (χ1v) is 13.5. The van der Waals surface area contributed by atoms with Crippen molar-refractivity contribution in [2.45, 2.75) is 65.0 Å². The van der Waals surface area contributed by atoms with Crippen LogP contribution in [0.25, 0.3) is 11.0 Å². The van der Waals surface area contributed by atoms with E-state index in [1.54, 1.807) is 12.1 Å². The zero-order valence-corrected chi connectivity index (χ0v) is 23.2. The number of benzene rings is 2. The molecule has 2 atom stereocenters. The molecule has 1 fully saturated rings. The van der Waals surface area contributed by atoms with Crippen molar-refractivity contribution in [2.75, 3.05) is 23.3 Å². The van der Waals surface area contributed by atoms with Crippen molar-refractivity contribution in [1.29, 1.82) is 0 Å². The SMILES string of the molecule is Cc1cc(C(C)Nc2ccccc2C(=O)OC(C)(C)C)c2oc(N3CCCC(c4cn[nH]c4)C3)cc(=O)c2c1. The van der Waals surface area contributed by atoms with E-state index in [9.17, 15) is 9.59 Å². The van der Waals surface area contributed by atoms with Crippen molar-refractivity contribution in [2.24, 2.45) is 0 Å². The number of H-pyrrole nitrogens is 1. The van der Waals surface area contributed by atoms with Gasteiger partial charge in [-0.3, -0.25) is 9.89 Å². The summed E-state index contributed by atoms with van der Waals surface area (Å²) in [6.07, 6.45) is 5.87. The number of piperidine rings is 1. The van der Waals surface area contributed by atoms with Gasteiger partial charge in [0.15, 0.2) is 11.3 Å². The normalized spacial score (nSPS) is 16.7. The first kappa shape index (κ1) is 26.5. The topological polar surface area (TPSA) is 100 Å². The van der Waals surface area contributed by atoms with E-state index in [-0.39, 0.29) is 11.5 Å². The lowest BCUT2D eigenvalue weighted by atomic mass is 9.93. The number of fused-ring (bicyclic) bond motifs is 1. The van der Waals surface area contributed by atoms with Gasteiger partial charge in [-0.1, -0.05) is 18.2 Å². The van der Waals surface area contributed by atoms with Gasteiger partial charge in [-0.15, -0.1) is 0 Å². The molecule has 2 aromatic carbocycles. The Morgan fingerprint density at radius 1 is 1.23 bits per heavy atom. The maximum Gasteiger partial charge on any atom is 0.340 e. The fourth-order valence-corrected chi connectivity index (χ4v) is 5.26. The van der Waals surface area contributed by atoms with Crippen molar-refractivity contribution in [1.82, 2.24) is 10.2 Å². The number of carbonyl (C=O) groups excluding carboxylic acids is 1. The summed E-state index contributed by atoms with van der Waals surface area (Å²) >= 11 is 0. The number of aromatic amines is 1. The number of para-hydroxylation sites is 1. The van der Waals surface area contributed by atoms with Gasteiger partial charge in [0.25, 0.3) is 0 Å². The molecule has 8 nitrogen and oxygen atoms in total. The van der Waals surface area contributed by atoms with Gasteiger partial charge in [-0.25, -0.2) is 4.79 Å². The molecule has 1 saturated heterocycles. The van der Waals surface area contributed by atoms with E-state index >= 15 is 0 Å². The number of hydrogen-bond acceptors (Lipinski definition) is 7. The van der Waals surface area contributed by atoms with E-state index < -0.39 is 11.6 Å². The third kappa shape index (κ3) is 5.85. The first-order chi connectivity index (χ1) is 18.6. The van der Waals surface area contributed by atoms with E-state index in [0.717, 1.165) is 37.1 Å². The molecule has 3 heterocycles. The third-order valence-corrected chi connectivity index (χ3v) is 7.10. The Labute approximate surface area is 228 Å². The Morgan fingerprint density at radius 2 is 2.03 bits per heavy atom. The minimum atomic E-state index is -0.604. The Morgan fingerprint density at radius 3 is 2.77 bits per heavy atom. The highest BCUT2D eigenvalue weighted by atomic mass is 16.6. The summed E-state index contributed by atoms with van der Waals surface area (Å²) in [5, 5.41) is 11.0. The van der Waals surface area contributed by atoms with Crippen molar-refractivity contribution >= 4 is 28.5 Å². The number of nitrogens with zero attached hydrogens (tertiary/aromatic N) is 2. The molecule has 0 aliphatic carbocycles. The van der Waals surface area contributed by atoms with E-state index in [4.69, 9.17) is 9.15 Å². The highest BCUT2D eigenvalue weighted by Gasteiger charge is 2.26. The summed E-state index contributed by atoms with van der Waals surface area (Å²) < 4.78 is 12.1. The van der Waals surface area contributed by atoms with Crippen LogP contribution in [0.4, 0.5) is 11.6 Å².